The molecule has 0 unspecified atom stereocenters. The van der Waals surface area contributed by atoms with E-state index in [-0.39, 0.29) is 0 Å². The quantitative estimate of drug-likeness (QED) is 0.579. The van der Waals surface area contributed by atoms with Crippen LogP contribution in [0.15, 0.2) is 55.1 Å². The van der Waals surface area contributed by atoms with E-state index in [4.69, 9.17) is 0 Å². The second-order valence-electron chi connectivity index (χ2n) is 3.07. The van der Waals surface area contributed by atoms with Crippen LogP contribution < -0.4 is 0 Å². The second-order valence-corrected chi connectivity index (χ2v) is 3.07. The predicted octanol–water partition coefficient (Wildman–Crippen LogP) is 4.00. The van der Waals surface area contributed by atoms with E-state index in [1.165, 1.54) is 11.1 Å². The summed E-state index contributed by atoms with van der Waals surface area (Å²) in [6, 6.07) is 8.49. The SMILES string of the molecule is C1=Cc2ccccc2C1.C=CC=CC. The molecule has 0 saturated carbocycles. The number of hydrogen-bond acceptors (Lipinski definition) is 0. The van der Waals surface area contributed by atoms with Crippen LogP contribution in [-0.4, -0.2) is 0 Å². The van der Waals surface area contributed by atoms with E-state index in [0.29, 0.717) is 0 Å². The molecule has 0 saturated heterocycles. The van der Waals surface area contributed by atoms with Gasteiger partial charge in [-0.25, -0.2) is 0 Å². The Balaban J connectivity index is 0.000000171. The van der Waals surface area contributed by atoms with Gasteiger partial charge in [0.25, 0.3) is 0 Å². The van der Waals surface area contributed by atoms with E-state index >= 15 is 0 Å². The molecule has 0 bridgehead atoms. The molecular weight excluding hydrogens is 168 g/mol. The van der Waals surface area contributed by atoms with Crippen LogP contribution in [0.1, 0.15) is 18.1 Å². The Hall–Kier alpha value is -1.56. The monoisotopic (exact) mass is 184 g/mol. The van der Waals surface area contributed by atoms with Gasteiger partial charge in [0.2, 0.25) is 0 Å². The Kier molecular flexibility index (Phi) is 4.49. The lowest BCUT2D eigenvalue weighted by molar-refractivity contribution is 1.31. The number of rotatable bonds is 1. The van der Waals surface area contributed by atoms with Crippen molar-refractivity contribution in [2.45, 2.75) is 13.3 Å². The van der Waals surface area contributed by atoms with Crippen molar-refractivity contribution in [2.75, 3.05) is 0 Å². The third-order valence-corrected chi connectivity index (χ3v) is 2.02. The minimum Gasteiger partial charge on any atom is -0.0991 e. The largest absolute Gasteiger partial charge is 0.0991 e. The maximum absolute atomic E-state index is 3.46. The number of fused-ring (bicyclic) bond motifs is 1. The van der Waals surface area contributed by atoms with Crippen LogP contribution in [0, 0.1) is 0 Å². The summed E-state index contributed by atoms with van der Waals surface area (Å²) in [7, 11) is 0. The van der Waals surface area contributed by atoms with Crippen molar-refractivity contribution in [3.8, 4) is 0 Å². The lowest BCUT2D eigenvalue weighted by Crippen LogP contribution is -1.76. The Bertz CT molecular complexity index is 343. The maximum atomic E-state index is 3.46. The Morgan fingerprint density at radius 3 is 2.64 bits per heavy atom. The van der Waals surface area contributed by atoms with Crippen LogP contribution in [0.2, 0.25) is 0 Å². The fraction of sp³-hybridized carbons (Fsp3) is 0.143. The number of allylic oxidation sites excluding steroid dienone is 4. The van der Waals surface area contributed by atoms with Crippen LogP contribution in [-0.2, 0) is 6.42 Å². The van der Waals surface area contributed by atoms with Crippen molar-refractivity contribution in [1.82, 2.24) is 0 Å². The standard InChI is InChI=1S/C9H8.C5H8/c1-2-5-9-7-3-6-8(9)4-1;1-3-5-4-2/h1-6H,7H2;3-5H,1H2,2H3. The van der Waals surface area contributed by atoms with Crippen LogP contribution >= 0.6 is 0 Å². The van der Waals surface area contributed by atoms with Crippen LogP contribution in [0.25, 0.3) is 6.08 Å². The zero-order valence-electron chi connectivity index (χ0n) is 8.61. The van der Waals surface area contributed by atoms with Gasteiger partial charge in [-0.3, -0.25) is 0 Å². The average Bonchev–Trinajstić information content (AvgIpc) is 2.67. The molecule has 14 heavy (non-hydrogen) atoms. The van der Waals surface area contributed by atoms with Gasteiger partial charge >= 0.3 is 0 Å². The predicted molar refractivity (Wildman–Crippen MR) is 64.2 cm³/mol. The normalized spacial score (nSPS) is 12.1. The van der Waals surface area contributed by atoms with E-state index in [1.807, 2.05) is 19.1 Å². The van der Waals surface area contributed by atoms with Gasteiger partial charge in [0, 0.05) is 0 Å². The van der Waals surface area contributed by atoms with E-state index < -0.39 is 0 Å². The van der Waals surface area contributed by atoms with Crippen molar-refractivity contribution in [2.24, 2.45) is 0 Å². The molecule has 0 heteroatoms. The zero-order valence-corrected chi connectivity index (χ0v) is 8.61. The highest BCUT2D eigenvalue weighted by atomic mass is 14.0. The van der Waals surface area contributed by atoms with E-state index in [0.717, 1.165) is 6.42 Å². The van der Waals surface area contributed by atoms with Gasteiger partial charge in [-0.2, -0.15) is 0 Å². The Morgan fingerprint density at radius 2 is 2.07 bits per heavy atom. The molecule has 0 nitrogen and oxygen atoms in total. The summed E-state index contributed by atoms with van der Waals surface area (Å²) in [6.45, 7) is 5.42. The Morgan fingerprint density at radius 1 is 1.29 bits per heavy atom. The lowest BCUT2D eigenvalue weighted by Gasteiger charge is -1.93. The second kappa shape index (κ2) is 5.98. The molecule has 0 aliphatic heterocycles. The Labute approximate surface area is 86.3 Å². The minimum absolute atomic E-state index is 1.12. The first-order chi connectivity index (χ1) is 6.88. The van der Waals surface area contributed by atoms with Crippen LogP contribution in [0.5, 0.6) is 0 Å². The summed E-state index contributed by atoms with van der Waals surface area (Å²) >= 11 is 0. The van der Waals surface area contributed by atoms with E-state index in [9.17, 15) is 0 Å². The smallest absolute Gasteiger partial charge is 0.00882 e. The van der Waals surface area contributed by atoms with Crippen molar-refractivity contribution in [1.29, 1.82) is 0 Å². The fourth-order valence-electron chi connectivity index (χ4n) is 1.33. The molecule has 1 aliphatic carbocycles. The lowest BCUT2D eigenvalue weighted by atomic mass is 10.1. The summed E-state index contributed by atoms with van der Waals surface area (Å²) in [5.41, 5.74) is 2.84. The summed E-state index contributed by atoms with van der Waals surface area (Å²) in [4.78, 5) is 0. The molecule has 0 amide bonds. The molecule has 0 N–H and O–H groups in total. The van der Waals surface area contributed by atoms with E-state index in [1.54, 1.807) is 6.08 Å². The fourth-order valence-corrected chi connectivity index (χ4v) is 1.33. The van der Waals surface area contributed by atoms with Gasteiger partial charge in [-0.1, -0.05) is 61.2 Å². The number of benzene rings is 1. The molecule has 0 radical (unpaired) electrons. The summed E-state index contributed by atoms with van der Waals surface area (Å²) in [5, 5.41) is 0. The minimum atomic E-state index is 1.12. The molecule has 0 spiro atoms. The molecule has 1 aliphatic rings. The molecule has 1 aromatic rings. The van der Waals surface area contributed by atoms with E-state index in [2.05, 4.69) is 43.0 Å². The van der Waals surface area contributed by atoms with Gasteiger partial charge < -0.3 is 0 Å². The molecule has 0 aromatic heterocycles. The summed E-state index contributed by atoms with van der Waals surface area (Å²) in [5.74, 6) is 0. The van der Waals surface area contributed by atoms with Gasteiger partial charge in [0.1, 0.15) is 0 Å². The molecule has 0 fully saturated rings. The topological polar surface area (TPSA) is 0 Å². The van der Waals surface area contributed by atoms with Gasteiger partial charge in [-0.15, -0.1) is 0 Å². The van der Waals surface area contributed by atoms with Crippen LogP contribution in [0.4, 0.5) is 0 Å². The first kappa shape index (κ1) is 10.5. The third-order valence-electron chi connectivity index (χ3n) is 2.02. The third kappa shape index (κ3) is 3.06. The maximum Gasteiger partial charge on any atom is -0.00882 e. The summed E-state index contributed by atoms with van der Waals surface area (Å²) in [6.07, 6.45) is 11.1. The highest BCUT2D eigenvalue weighted by Crippen LogP contribution is 2.17. The van der Waals surface area contributed by atoms with Crippen LogP contribution in [0.3, 0.4) is 0 Å². The molecular formula is C14H16. The molecule has 2 rings (SSSR count). The molecule has 72 valence electrons. The highest BCUT2D eigenvalue weighted by molar-refractivity contribution is 5.59. The first-order valence-corrected chi connectivity index (χ1v) is 4.86. The number of hydrogen-bond donors (Lipinski definition) is 0. The highest BCUT2D eigenvalue weighted by Gasteiger charge is 2.00. The van der Waals surface area contributed by atoms with Crippen molar-refractivity contribution < 1.29 is 0 Å². The van der Waals surface area contributed by atoms with Crippen molar-refractivity contribution in [3.05, 3.63) is 66.3 Å². The average molecular weight is 184 g/mol. The van der Waals surface area contributed by atoms with Gasteiger partial charge in [0.15, 0.2) is 0 Å². The first-order valence-electron chi connectivity index (χ1n) is 4.86. The van der Waals surface area contributed by atoms with Gasteiger partial charge in [-0.05, 0) is 24.5 Å². The zero-order chi connectivity index (χ0) is 10.2. The van der Waals surface area contributed by atoms with Crippen molar-refractivity contribution in [3.63, 3.8) is 0 Å². The van der Waals surface area contributed by atoms with Gasteiger partial charge in [0.05, 0.1) is 0 Å². The molecule has 1 aromatic carbocycles. The molecule has 0 heterocycles. The summed E-state index contributed by atoms with van der Waals surface area (Å²) < 4.78 is 0. The molecule has 0 atom stereocenters. The van der Waals surface area contributed by atoms with Crippen molar-refractivity contribution >= 4 is 6.08 Å².